The molecule has 0 fully saturated rings. The Morgan fingerprint density at radius 2 is 1.79 bits per heavy atom. The van der Waals surface area contributed by atoms with Crippen LogP contribution >= 0.6 is 11.6 Å². The van der Waals surface area contributed by atoms with Gasteiger partial charge in [-0.25, -0.2) is 4.98 Å². The average molecular weight is 341 g/mol. The van der Waals surface area contributed by atoms with Crippen LogP contribution in [0, 0.1) is 6.92 Å². The highest BCUT2D eigenvalue weighted by atomic mass is 35.5. The van der Waals surface area contributed by atoms with Gasteiger partial charge in [-0.15, -0.1) is 0 Å². The molecule has 5 heteroatoms. The zero-order valence-electron chi connectivity index (χ0n) is 13.4. The van der Waals surface area contributed by atoms with Gasteiger partial charge in [-0.1, -0.05) is 41.9 Å². The van der Waals surface area contributed by atoms with Gasteiger partial charge in [0.2, 0.25) is 5.89 Å². The third kappa shape index (κ3) is 3.49. The Morgan fingerprint density at radius 3 is 2.46 bits per heavy atom. The second kappa shape index (κ2) is 6.89. The number of aromatic nitrogens is 1. The number of hydrogen-bond donors (Lipinski definition) is 1. The van der Waals surface area contributed by atoms with Crippen molar-refractivity contribution in [3.63, 3.8) is 0 Å². The third-order valence-corrected chi connectivity index (χ3v) is 4.00. The molecule has 4 nitrogen and oxygen atoms in total. The summed E-state index contributed by atoms with van der Waals surface area (Å²) in [5, 5.41) is 3.58. The highest BCUT2D eigenvalue weighted by Gasteiger charge is 2.20. The lowest BCUT2D eigenvalue weighted by atomic mass is 10.1. The minimum Gasteiger partial charge on any atom is -0.441 e. The number of nitrogens with zero attached hydrogens (tertiary/aromatic N) is 1. The van der Waals surface area contributed by atoms with Gasteiger partial charge in [-0.05, 0) is 43.7 Å². The molecule has 1 aromatic heterocycles. The molecule has 2 aromatic carbocycles. The lowest BCUT2D eigenvalue weighted by Crippen LogP contribution is -2.27. The maximum absolute atomic E-state index is 12.5. The van der Waals surface area contributed by atoms with E-state index in [1.807, 2.05) is 49.4 Å². The van der Waals surface area contributed by atoms with Crippen molar-refractivity contribution >= 4 is 17.5 Å². The van der Waals surface area contributed by atoms with Gasteiger partial charge in [-0.3, -0.25) is 4.79 Å². The van der Waals surface area contributed by atoms with Crippen molar-refractivity contribution in [1.29, 1.82) is 0 Å². The van der Waals surface area contributed by atoms with Crippen LogP contribution in [-0.4, -0.2) is 10.9 Å². The molecule has 1 amide bonds. The summed E-state index contributed by atoms with van der Waals surface area (Å²) in [4.78, 5) is 16.8. The van der Waals surface area contributed by atoms with Gasteiger partial charge in [0.1, 0.15) is 5.76 Å². The van der Waals surface area contributed by atoms with E-state index < -0.39 is 0 Å². The van der Waals surface area contributed by atoms with Crippen LogP contribution in [0.25, 0.3) is 11.5 Å². The molecule has 0 saturated heterocycles. The lowest BCUT2D eigenvalue weighted by molar-refractivity contribution is 0.0934. The van der Waals surface area contributed by atoms with Crippen LogP contribution in [0.1, 0.15) is 34.8 Å². The Labute approximate surface area is 145 Å². The van der Waals surface area contributed by atoms with Crippen molar-refractivity contribution < 1.29 is 9.21 Å². The molecule has 0 aliphatic heterocycles. The van der Waals surface area contributed by atoms with E-state index in [1.54, 1.807) is 19.1 Å². The van der Waals surface area contributed by atoms with Crippen molar-refractivity contribution in [1.82, 2.24) is 10.3 Å². The van der Waals surface area contributed by atoms with Gasteiger partial charge >= 0.3 is 0 Å². The minimum atomic E-state index is -0.257. The summed E-state index contributed by atoms with van der Waals surface area (Å²) < 4.78 is 5.63. The molecule has 0 saturated carbocycles. The fourth-order valence-corrected chi connectivity index (χ4v) is 2.54. The SMILES string of the molecule is Cc1oc(-c2ccc(Cl)cc2)nc1C(=O)NC(C)c1ccccc1. The van der Waals surface area contributed by atoms with E-state index in [0.717, 1.165) is 11.1 Å². The first-order valence-electron chi connectivity index (χ1n) is 7.64. The van der Waals surface area contributed by atoms with Crippen molar-refractivity contribution in [3.05, 3.63) is 76.6 Å². The van der Waals surface area contributed by atoms with Crippen LogP contribution in [0.5, 0.6) is 0 Å². The summed E-state index contributed by atoms with van der Waals surface area (Å²) in [6.07, 6.45) is 0. The molecule has 1 atom stereocenters. The predicted molar refractivity (Wildman–Crippen MR) is 94.0 cm³/mol. The van der Waals surface area contributed by atoms with Crippen LogP contribution in [0.4, 0.5) is 0 Å². The number of rotatable bonds is 4. The fourth-order valence-electron chi connectivity index (χ4n) is 2.41. The number of aryl methyl sites for hydroxylation is 1. The van der Waals surface area contributed by atoms with Crippen LogP contribution in [0.15, 0.2) is 59.0 Å². The number of benzene rings is 2. The van der Waals surface area contributed by atoms with E-state index >= 15 is 0 Å². The van der Waals surface area contributed by atoms with E-state index in [-0.39, 0.29) is 11.9 Å². The number of amides is 1. The number of oxazole rings is 1. The normalized spacial score (nSPS) is 12.0. The molecule has 3 aromatic rings. The zero-order valence-corrected chi connectivity index (χ0v) is 14.2. The van der Waals surface area contributed by atoms with Crippen LogP contribution < -0.4 is 5.32 Å². The van der Waals surface area contributed by atoms with Gasteiger partial charge in [0.15, 0.2) is 5.69 Å². The molecule has 1 N–H and O–H groups in total. The van der Waals surface area contributed by atoms with E-state index in [9.17, 15) is 4.79 Å². The molecule has 1 unspecified atom stereocenters. The molecule has 122 valence electrons. The Bertz CT molecular complexity index is 842. The van der Waals surface area contributed by atoms with Crippen LogP contribution in [-0.2, 0) is 0 Å². The molecule has 0 radical (unpaired) electrons. The Morgan fingerprint density at radius 1 is 1.12 bits per heavy atom. The molecular formula is C19H17ClN2O2. The first-order chi connectivity index (χ1) is 11.5. The van der Waals surface area contributed by atoms with Gasteiger partial charge in [0.05, 0.1) is 6.04 Å². The van der Waals surface area contributed by atoms with Gasteiger partial charge < -0.3 is 9.73 Å². The number of halogens is 1. The molecule has 0 aliphatic carbocycles. The summed E-state index contributed by atoms with van der Waals surface area (Å²) in [7, 11) is 0. The topological polar surface area (TPSA) is 55.1 Å². The Kier molecular flexibility index (Phi) is 4.67. The Balaban J connectivity index is 1.79. The number of carbonyl (C=O) groups is 1. The zero-order chi connectivity index (χ0) is 17.1. The van der Waals surface area contributed by atoms with E-state index in [0.29, 0.717) is 22.4 Å². The van der Waals surface area contributed by atoms with E-state index in [1.165, 1.54) is 0 Å². The summed E-state index contributed by atoms with van der Waals surface area (Å²) in [6.45, 7) is 3.66. The summed E-state index contributed by atoms with van der Waals surface area (Å²) >= 11 is 5.89. The largest absolute Gasteiger partial charge is 0.441 e. The second-order valence-electron chi connectivity index (χ2n) is 5.54. The molecule has 0 spiro atoms. The minimum absolute atomic E-state index is 0.117. The molecular weight excluding hydrogens is 324 g/mol. The van der Waals surface area contributed by atoms with Crippen molar-refractivity contribution in [2.45, 2.75) is 19.9 Å². The van der Waals surface area contributed by atoms with Crippen LogP contribution in [0.2, 0.25) is 5.02 Å². The second-order valence-corrected chi connectivity index (χ2v) is 5.97. The monoisotopic (exact) mass is 340 g/mol. The summed E-state index contributed by atoms with van der Waals surface area (Å²) in [5.74, 6) is 0.632. The van der Waals surface area contributed by atoms with Gasteiger partial charge in [-0.2, -0.15) is 0 Å². The number of hydrogen-bond acceptors (Lipinski definition) is 3. The maximum Gasteiger partial charge on any atom is 0.274 e. The number of nitrogens with one attached hydrogen (secondary N) is 1. The van der Waals surface area contributed by atoms with Crippen molar-refractivity contribution in [2.24, 2.45) is 0 Å². The van der Waals surface area contributed by atoms with Crippen molar-refractivity contribution in [2.75, 3.05) is 0 Å². The third-order valence-electron chi connectivity index (χ3n) is 3.75. The van der Waals surface area contributed by atoms with E-state index in [4.69, 9.17) is 16.0 Å². The predicted octanol–water partition coefficient (Wildman–Crippen LogP) is 4.79. The van der Waals surface area contributed by atoms with Crippen molar-refractivity contribution in [3.8, 4) is 11.5 Å². The summed E-state index contributed by atoms with van der Waals surface area (Å²) in [6, 6.07) is 16.8. The smallest absolute Gasteiger partial charge is 0.274 e. The number of carbonyl (C=O) groups excluding carboxylic acids is 1. The summed E-state index contributed by atoms with van der Waals surface area (Å²) in [5.41, 5.74) is 2.10. The quantitative estimate of drug-likeness (QED) is 0.742. The molecule has 3 rings (SSSR count). The fraction of sp³-hybridized carbons (Fsp3) is 0.158. The molecule has 0 aliphatic rings. The first kappa shape index (κ1) is 16.3. The average Bonchev–Trinajstić information content (AvgIpc) is 2.98. The standard InChI is InChI=1S/C19H17ClN2O2/c1-12(14-6-4-3-5-7-14)21-18(23)17-13(2)24-19(22-17)15-8-10-16(20)11-9-15/h3-12H,1-2H3,(H,21,23). The maximum atomic E-state index is 12.5. The van der Waals surface area contributed by atoms with Gasteiger partial charge in [0.25, 0.3) is 5.91 Å². The highest BCUT2D eigenvalue weighted by molar-refractivity contribution is 6.30. The lowest BCUT2D eigenvalue weighted by Gasteiger charge is -2.13. The first-order valence-corrected chi connectivity index (χ1v) is 8.01. The van der Waals surface area contributed by atoms with Crippen LogP contribution in [0.3, 0.4) is 0 Å². The Hall–Kier alpha value is -2.59. The van der Waals surface area contributed by atoms with Gasteiger partial charge in [0, 0.05) is 10.6 Å². The molecule has 24 heavy (non-hydrogen) atoms. The molecule has 1 heterocycles. The highest BCUT2D eigenvalue weighted by Crippen LogP contribution is 2.24. The molecule has 0 bridgehead atoms. The van der Waals surface area contributed by atoms with E-state index in [2.05, 4.69) is 10.3 Å².